The van der Waals surface area contributed by atoms with E-state index in [1.807, 2.05) is 24.3 Å². The highest BCUT2D eigenvalue weighted by molar-refractivity contribution is 5.83. The van der Waals surface area contributed by atoms with Crippen molar-refractivity contribution in [3.63, 3.8) is 0 Å². The van der Waals surface area contributed by atoms with E-state index in [-0.39, 0.29) is 16.7 Å². The van der Waals surface area contributed by atoms with Crippen LogP contribution in [0.15, 0.2) is 41.1 Å². The number of carbonyl (C=O) groups is 1. The number of fused-ring (bicyclic) bond motifs is 3. The number of aromatic nitrogens is 4. The predicted octanol–water partition coefficient (Wildman–Crippen LogP) is 5.80. The second kappa shape index (κ2) is 9.41. The minimum absolute atomic E-state index is 0.0169. The van der Waals surface area contributed by atoms with Crippen molar-refractivity contribution in [3.8, 4) is 11.4 Å². The highest BCUT2D eigenvalue weighted by Gasteiger charge is 2.52. The Kier molecular flexibility index (Phi) is 6.49. The van der Waals surface area contributed by atoms with Gasteiger partial charge in [-0.15, -0.1) is 0 Å². The molecule has 0 aliphatic heterocycles. The number of nitrogens with zero attached hydrogens (tertiary/aromatic N) is 4. The van der Waals surface area contributed by atoms with Crippen molar-refractivity contribution in [2.75, 3.05) is 11.9 Å². The third kappa shape index (κ3) is 5.27. The summed E-state index contributed by atoms with van der Waals surface area (Å²) >= 11 is 0. The third-order valence-electron chi connectivity index (χ3n) is 8.06. The fourth-order valence-electron chi connectivity index (χ4n) is 5.45. The lowest BCUT2D eigenvalue weighted by Crippen LogP contribution is -2.47. The van der Waals surface area contributed by atoms with E-state index in [0.29, 0.717) is 24.1 Å². The summed E-state index contributed by atoms with van der Waals surface area (Å²) in [6.07, 6.45) is 6.21. The zero-order chi connectivity index (χ0) is 27.2. The molecule has 3 aliphatic carbocycles. The van der Waals surface area contributed by atoms with Crippen LogP contribution in [0.3, 0.4) is 0 Å². The SMILES string of the molecule is CC(C)(O)c1ccc(-c2nccc(NC(=O)OCC34CCC(c5noc(C(C)(C)F)n5)(CC3)CC4)n2)cc1. The van der Waals surface area contributed by atoms with Crippen molar-refractivity contribution < 1.29 is 23.6 Å². The summed E-state index contributed by atoms with van der Waals surface area (Å²) in [5.74, 6) is 1.42. The standard InChI is InChI=1S/C28H34FN5O4/c1-25(2,29)23-33-22(34-38-23)28-13-10-27(11-14-28,12-15-28)17-37-24(35)32-20-9-16-30-21(31-20)18-5-7-19(8-6-18)26(3,4)36/h5-9,16,36H,10-15,17H2,1-4H3,(H,30,31,32,35). The van der Waals surface area contributed by atoms with Gasteiger partial charge in [0.2, 0.25) is 0 Å². The lowest BCUT2D eigenvalue weighted by molar-refractivity contribution is -0.0147. The molecular weight excluding hydrogens is 489 g/mol. The van der Waals surface area contributed by atoms with Gasteiger partial charge in [0, 0.05) is 22.6 Å². The van der Waals surface area contributed by atoms with Crippen LogP contribution in [-0.4, -0.2) is 37.9 Å². The topological polar surface area (TPSA) is 123 Å². The maximum Gasteiger partial charge on any atom is 0.412 e. The number of ether oxygens (including phenoxy) is 1. The number of aliphatic hydroxyl groups is 1. The van der Waals surface area contributed by atoms with Crippen LogP contribution < -0.4 is 5.32 Å². The van der Waals surface area contributed by atoms with Gasteiger partial charge < -0.3 is 14.4 Å². The minimum atomic E-state index is -1.66. The number of hydrogen-bond acceptors (Lipinski definition) is 8. The Morgan fingerprint density at radius 1 is 1.05 bits per heavy atom. The van der Waals surface area contributed by atoms with Gasteiger partial charge >= 0.3 is 6.09 Å². The maximum atomic E-state index is 14.2. The van der Waals surface area contributed by atoms with Crippen LogP contribution in [0.2, 0.25) is 0 Å². The first kappa shape index (κ1) is 26.2. The molecule has 0 atom stereocenters. The van der Waals surface area contributed by atoms with E-state index in [1.54, 1.807) is 26.1 Å². The molecule has 3 aromatic rings. The van der Waals surface area contributed by atoms with Crippen molar-refractivity contribution in [3.05, 3.63) is 53.8 Å². The molecule has 10 heteroatoms. The summed E-state index contributed by atoms with van der Waals surface area (Å²) in [5, 5.41) is 17.0. The number of benzene rings is 1. The summed E-state index contributed by atoms with van der Waals surface area (Å²) in [7, 11) is 0. The normalized spacial score (nSPS) is 23.3. The fourth-order valence-corrected chi connectivity index (χ4v) is 5.45. The monoisotopic (exact) mass is 523 g/mol. The molecule has 0 radical (unpaired) electrons. The molecule has 0 spiro atoms. The lowest BCUT2D eigenvalue weighted by Gasteiger charge is -2.51. The van der Waals surface area contributed by atoms with Gasteiger partial charge in [-0.2, -0.15) is 4.98 Å². The van der Waals surface area contributed by atoms with Gasteiger partial charge in [0.05, 0.1) is 12.2 Å². The molecule has 0 unspecified atom stereocenters. The molecule has 202 valence electrons. The van der Waals surface area contributed by atoms with Crippen LogP contribution in [0.5, 0.6) is 0 Å². The van der Waals surface area contributed by atoms with E-state index >= 15 is 0 Å². The largest absolute Gasteiger partial charge is 0.449 e. The predicted molar refractivity (Wildman–Crippen MR) is 138 cm³/mol. The van der Waals surface area contributed by atoms with Crippen molar-refractivity contribution in [1.82, 2.24) is 20.1 Å². The number of rotatable bonds is 7. The Bertz CT molecular complexity index is 1290. The van der Waals surface area contributed by atoms with Gasteiger partial charge in [-0.3, -0.25) is 5.32 Å². The average Bonchev–Trinajstić information content (AvgIpc) is 3.41. The van der Waals surface area contributed by atoms with Gasteiger partial charge in [0.1, 0.15) is 5.82 Å². The van der Waals surface area contributed by atoms with E-state index in [4.69, 9.17) is 9.26 Å². The lowest BCUT2D eigenvalue weighted by atomic mass is 9.53. The molecule has 3 aliphatic rings. The highest BCUT2D eigenvalue weighted by Crippen LogP contribution is 2.57. The summed E-state index contributed by atoms with van der Waals surface area (Å²) in [6, 6.07) is 8.94. The Morgan fingerprint density at radius 3 is 2.29 bits per heavy atom. The molecular formula is C28H34FN5O4. The molecule has 2 aromatic heterocycles. The minimum Gasteiger partial charge on any atom is -0.449 e. The average molecular weight is 524 g/mol. The molecule has 2 heterocycles. The molecule has 1 aromatic carbocycles. The van der Waals surface area contributed by atoms with Gasteiger partial charge in [-0.25, -0.2) is 19.2 Å². The highest BCUT2D eigenvalue weighted by atomic mass is 19.1. The number of alkyl halides is 1. The summed E-state index contributed by atoms with van der Waals surface area (Å²) in [4.78, 5) is 25.8. The van der Waals surface area contributed by atoms with E-state index in [1.165, 1.54) is 13.8 Å². The number of amides is 1. The molecule has 0 saturated heterocycles. The zero-order valence-corrected chi connectivity index (χ0v) is 22.3. The Balaban J connectivity index is 1.17. The Hall–Kier alpha value is -3.40. The molecule has 9 nitrogen and oxygen atoms in total. The summed E-state index contributed by atoms with van der Waals surface area (Å²) in [6.45, 7) is 6.59. The number of carbonyl (C=O) groups excluding carboxylic acids is 1. The van der Waals surface area contributed by atoms with Crippen LogP contribution in [0.1, 0.15) is 83.5 Å². The van der Waals surface area contributed by atoms with Crippen molar-refractivity contribution in [1.29, 1.82) is 0 Å². The second-order valence-electron chi connectivity index (χ2n) is 11.8. The van der Waals surface area contributed by atoms with Crippen LogP contribution in [0.4, 0.5) is 15.0 Å². The van der Waals surface area contributed by atoms with Crippen LogP contribution in [-0.2, 0) is 21.4 Å². The van der Waals surface area contributed by atoms with Gasteiger partial charge in [-0.1, -0.05) is 29.4 Å². The van der Waals surface area contributed by atoms with Crippen LogP contribution in [0, 0.1) is 5.41 Å². The first-order chi connectivity index (χ1) is 17.9. The first-order valence-electron chi connectivity index (χ1n) is 13.0. The number of halogens is 1. The van der Waals surface area contributed by atoms with Crippen molar-refractivity contribution in [2.24, 2.45) is 5.41 Å². The maximum absolute atomic E-state index is 14.2. The zero-order valence-electron chi connectivity index (χ0n) is 22.3. The summed E-state index contributed by atoms with van der Waals surface area (Å²) in [5.41, 5.74) is -1.32. The van der Waals surface area contributed by atoms with Crippen LogP contribution in [0.25, 0.3) is 11.4 Å². The number of anilines is 1. The summed E-state index contributed by atoms with van der Waals surface area (Å²) < 4.78 is 25.1. The van der Waals surface area contributed by atoms with Crippen LogP contribution >= 0.6 is 0 Å². The first-order valence-corrected chi connectivity index (χ1v) is 13.0. The van der Waals surface area contributed by atoms with Gasteiger partial charge in [-0.05, 0) is 77.8 Å². The van der Waals surface area contributed by atoms with E-state index in [0.717, 1.165) is 49.7 Å². The molecule has 38 heavy (non-hydrogen) atoms. The van der Waals surface area contributed by atoms with E-state index in [2.05, 4.69) is 25.4 Å². The van der Waals surface area contributed by atoms with Gasteiger partial charge in [0.15, 0.2) is 17.3 Å². The van der Waals surface area contributed by atoms with Crippen molar-refractivity contribution >= 4 is 11.9 Å². The Morgan fingerprint density at radius 2 is 1.71 bits per heavy atom. The Labute approximate surface area is 221 Å². The molecule has 1 amide bonds. The second-order valence-corrected chi connectivity index (χ2v) is 11.8. The molecule has 3 saturated carbocycles. The van der Waals surface area contributed by atoms with E-state index < -0.39 is 17.4 Å². The van der Waals surface area contributed by atoms with Gasteiger partial charge in [0.25, 0.3) is 5.89 Å². The number of hydrogen-bond donors (Lipinski definition) is 2. The smallest absolute Gasteiger partial charge is 0.412 e. The molecule has 2 N–H and O–H groups in total. The van der Waals surface area contributed by atoms with Crippen molar-refractivity contribution in [2.45, 2.75) is 82.9 Å². The molecule has 6 rings (SSSR count). The number of nitrogens with one attached hydrogen (secondary N) is 1. The third-order valence-corrected chi connectivity index (χ3v) is 8.06. The quantitative estimate of drug-likeness (QED) is 0.398. The molecule has 2 bridgehead atoms. The molecule has 3 fully saturated rings. The van der Waals surface area contributed by atoms with E-state index in [9.17, 15) is 14.3 Å². The fraction of sp³-hybridized carbons (Fsp3) is 0.536.